The van der Waals surface area contributed by atoms with Crippen LogP contribution >= 0.6 is 11.8 Å². The lowest BCUT2D eigenvalue weighted by atomic mass is 10.1. The fraction of sp³-hybridized carbons (Fsp3) is 0.136. The van der Waals surface area contributed by atoms with Gasteiger partial charge in [-0.25, -0.2) is 4.98 Å². The summed E-state index contributed by atoms with van der Waals surface area (Å²) in [6, 6.07) is 19.3. The first-order valence-electron chi connectivity index (χ1n) is 9.72. The van der Waals surface area contributed by atoms with Gasteiger partial charge in [-0.3, -0.25) is 9.89 Å². The third kappa shape index (κ3) is 3.75. The molecule has 0 bridgehead atoms. The van der Waals surface area contributed by atoms with E-state index < -0.39 is 0 Å². The SMILES string of the molecule is Cc1ccc(-c2nnc(SCc3cc(=O)n4[nH]c(-c5ccccc5)nc4n3)n2C)cc1. The molecule has 3 heterocycles. The van der Waals surface area contributed by atoms with Crippen LogP contribution in [0.15, 0.2) is 70.6 Å². The molecule has 0 aliphatic carbocycles. The predicted octanol–water partition coefficient (Wildman–Crippen LogP) is 3.48. The lowest BCUT2D eigenvalue weighted by molar-refractivity contribution is 0.793. The van der Waals surface area contributed by atoms with Crippen molar-refractivity contribution in [1.29, 1.82) is 0 Å². The zero-order valence-corrected chi connectivity index (χ0v) is 17.8. The zero-order chi connectivity index (χ0) is 21.4. The van der Waals surface area contributed by atoms with Gasteiger partial charge in [-0.2, -0.15) is 9.50 Å². The Balaban J connectivity index is 1.39. The van der Waals surface area contributed by atoms with Crippen LogP contribution in [0.3, 0.4) is 0 Å². The molecule has 0 aliphatic rings. The molecule has 0 unspecified atom stereocenters. The molecule has 0 saturated carbocycles. The van der Waals surface area contributed by atoms with Crippen molar-refractivity contribution in [3.05, 3.63) is 82.3 Å². The molecule has 0 saturated heterocycles. The van der Waals surface area contributed by atoms with Gasteiger partial charge >= 0.3 is 0 Å². The van der Waals surface area contributed by atoms with Gasteiger partial charge < -0.3 is 4.57 Å². The van der Waals surface area contributed by atoms with Crippen molar-refractivity contribution in [3.8, 4) is 22.8 Å². The van der Waals surface area contributed by atoms with E-state index in [1.165, 1.54) is 27.9 Å². The molecule has 154 valence electrons. The Kier molecular flexibility index (Phi) is 4.87. The van der Waals surface area contributed by atoms with Gasteiger partial charge in [0.15, 0.2) is 16.8 Å². The van der Waals surface area contributed by atoms with Gasteiger partial charge in [-0.05, 0) is 6.92 Å². The second-order valence-corrected chi connectivity index (χ2v) is 8.12. The Labute approximate surface area is 182 Å². The highest BCUT2D eigenvalue weighted by molar-refractivity contribution is 7.98. The van der Waals surface area contributed by atoms with Gasteiger partial charge in [0.25, 0.3) is 11.3 Å². The van der Waals surface area contributed by atoms with E-state index >= 15 is 0 Å². The molecular formula is C22H19N7OS. The van der Waals surface area contributed by atoms with Gasteiger partial charge in [-0.15, -0.1) is 10.2 Å². The average Bonchev–Trinajstić information content (AvgIpc) is 3.38. The van der Waals surface area contributed by atoms with E-state index in [1.54, 1.807) is 0 Å². The minimum atomic E-state index is -0.200. The van der Waals surface area contributed by atoms with Crippen LogP contribution in [0.1, 0.15) is 11.3 Å². The molecule has 8 nitrogen and oxygen atoms in total. The smallest absolute Gasteiger partial charge is 0.274 e. The topological polar surface area (TPSA) is 93.8 Å². The van der Waals surface area contributed by atoms with Crippen molar-refractivity contribution in [2.24, 2.45) is 7.05 Å². The molecule has 5 rings (SSSR count). The summed E-state index contributed by atoms with van der Waals surface area (Å²) in [5.74, 6) is 2.23. The van der Waals surface area contributed by atoms with Gasteiger partial charge in [0, 0.05) is 30.0 Å². The molecule has 0 aliphatic heterocycles. The maximum absolute atomic E-state index is 12.5. The third-order valence-corrected chi connectivity index (χ3v) is 5.98. The Morgan fingerprint density at radius 2 is 1.74 bits per heavy atom. The van der Waals surface area contributed by atoms with Crippen LogP contribution < -0.4 is 5.56 Å². The predicted molar refractivity (Wildman–Crippen MR) is 120 cm³/mol. The summed E-state index contributed by atoms with van der Waals surface area (Å²) in [6.07, 6.45) is 0. The molecule has 0 spiro atoms. The average molecular weight is 430 g/mol. The molecule has 0 atom stereocenters. The normalized spacial score (nSPS) is 11.3. The van der Waals surface area contributed by atoms with Gasteiger partial charge in [0.1, 0.15) is 0 Å². The van der Waals surface area contributed by atoms with Crippen LogP contribution in [0.2, 0.25) is 0 Å². The first kappa shape index (κ1) is 19.3. The van der Waals surface area contributed by atoms with E-state index in [9.17, 15) is 4.79 Å². The summed E-state index contributed by atoms with van der Waals surface area (Å²) in [5.41, 5.74) is 3.54. The number of fused-ring (bicyclic) bond motifs is 1. The molecule has 1 N–H and O–H groups in total. The first-order valence-corrected chi connectivity index (χ1v) is 10.7. The summed E-state index contributed by atoms with van der Waals surface area (Å²) >= 11 is 1.48. The van der Waals surface area contributed by atoms with E-state index in [1.807, 2.05) is 54.1 Å². The molecule has 0 radical (unpaired) electrons. The third-order valence-electron chi connectivity index (χ3n) is 4.92. The van der Waals surface area contributed by atoms with Crippen molar-refractivity contribution in [1.82, 2.24) is 34.3 Å². The van der Waals surface area contributed by atoms with Crippen molar-refractivity contribution in [2.75, 3.05) is 0 Å². The van der Waals surface area contributed by atoms with E-state index in [0.717, 1.165) is 22.1 Å². The molecule has 3 aromatic heterocycles. The van der Waals surface area contributed by atoms with Gasteiger partial charge in [0.2, 0.25) is 0 Å². The lowest BCUT2D eigenvalue weighted by Gasteiger charge is -2.04. The molecular weight excluding hydrogens is 410 g/mol. The van der Waals surface area contributed by atoms with Gasteiger partial charge in [-0.1, -0.05) is 71.9 Å². The number of aromatic amines is 1. The van der Waals surface area contributed by atoms with Crippen LogP contribution in [0.25, 0.3) is 28.6 Å². The second kappa shape index (κ2) is 7.84. The number of thioether (sulfide) groups is 1. The van der Waals surface area contributed by atoms with Crippen molar-refractivity contribution in [2.45, 2.75) is 17.8 Å². The Morgan fingerprint density at radius 1 is 0.968 bits per heavy atom. The van der Waals surface area contributed by atoms with E-state index in [0.29, 0.717) is 23.0 Å². The van der Waals surface area contributed by atoms with Crippen molar-refractivity contribution in [3.63, 3.8) is 0 Å². The number of benzene rings is 2. The second-order valence-electron chi connectivity index (χ2n) is 7.18. The molecule has 5 aromatic rings. The van der Waals surface area contributed by atoms with Gasteiger partial charge in [0.05, 0.1) is 5.69 Å². The minimum Gasteiger partial charge on any atom is -0.305 e. The van der Waals surface area contributed by atoms with Crippen LogP contribution in [0, 0.1) is 6.92 Å². The van der Waals surface area contributed by atoms with Crippen LogP contribution in [0.5, 0.6) is 0 Å². The highest BCUT2D eigenvalue weighted by atomic mass is 32.2. The van der Waals surface area contributed by atoms with E-state index in [2.05, 4.69) is 44.3 Å². The summed E-state index contributed by atoms with van der Waals surface area (Å²) in [5, 5.41) is 12.4. The number of hydrogen-bond donors (Lipinski definition) is 1. The standard InChI is InChI=1S/C22H19N7OS/c1-14-8-10-16(11-9-14)20-25-26-22(28(20)2)31-13-17-12-18(30)29-21(23-17)24-19(27-29)15-6-4-3-5-7-15/h3-12H,13H2,1-2H3,(H,23,24,27). The summed E-state index contributed by atoms with van der Waals surface area (Å²) < 4.78 is 3.30. The molecule has 31 heavy (non-hydrogen) atoms. The minimum absolute atomic E-state index is 0.200. The highest BCUT2D eigenvalue weighted by Crippen LogP contribution is 2.25. The van der Waals surface area contributed by atoms with Crippen molar-refractivity contribution >= 4 is 17.5 Å². The summed E-state index contributed by atoms with van der Waals surface area (Å²) in [6.45, 7) is 2.05. The fourth-order valence-corrected chi connectivity index (χ4v) is 4.06. The van der Waals surface area contributed by atoms with Crippen LogP contribution in [-0.2, 0) is 12.8 Å². The Bertz CT molecular complexity index is 1420. The van der Waals surface area contributed by atoms with E-state index in [4.69, 9.17) is 0 Å². The number of aryl methyl sites for hydroxylation is 1. The monoisotopic (exact) mass is 429 g/mol. The Morgan fingerprint density at radius 3 is 2.52 bits per heavy atom. The number of hydrogen-bond acceptors (Lipinski definition) is 6. The summed E-state index contributed by atoms with van der Waals surface area (Å²) in [7, 11) is 1.93. The molecule has 9 heteroatoms. The number of nitrogens with zero attached hydrogens (tertiary/aromatic N) is 6. The molecule has 0 fully saturated rings. The van der Waals surface area contributed by atoms with Crippen LogP contribution in [-0.4, -0.2) is 34.3 Å². The van der Waals surface area contributed by atoms with Crippen molar-refractivity contribution < 1.29 is 0 Å². The van der Waals surface area contributed by atoms with Crippen LogP contribution in [0.4, 0.5) is 0 Å². The number of H-pyrrole nitrogens is 1. The summed E-state index contributed by atoms with van der Waals surface area (Å²) in [4.78, 5) is 21.6. The molecule has 0 amide bonds. The van der Waals surface area contributed by atoms with E-state index in [-0.39, 0.29) is 5.56 Å². The maximum Gasteiger partial charge on any atom is 0.274 e. The molecule has 2 aromatic carbocycles. The first-order chi connectivity index (χ1) is 15.1. The number of nitrogens with one attached hydrogen (secondary N) is 1. The number of aromatic nitrogens is 7. The maximum atomic E-state index is 12.5. The largest absolute Gasteiger partial charge is 0.305 e. The lowest BCUT2D eigenvalue weighted by Crippen LogP contribution is -2.15. The highest BCUT2D eigenvalue weighted by Gasteiger charge is 2.13. The fourth-order valence-electron chi connectivity index (χ4n) is 3.26. The zero-order valence-electron chi connectivity index (χ0n) is 17.0. The quantitative estimate of drug-likeness (QED) is 0.430. The Hall–Kier alpha value is -3.72. The number of rotatable bonds is 5.